The van der Waals surface area contributed by atoms with Gasteiger partial charge in [-0.2, -0.15) is 5.26 Å². The Bertz CT molecular complexity index is 854. The van der Waals surface area contributed by atoms with E-state index in [-0.39, 0.29) is 29.1 Å². The van der Waals surface area contributed by atoms with E-state index in [9.17, 15) is 14.9 Å². The molecule has 5 atom stereocenters. The first-order chi connectivity index (χ1) is 13.3. The first-order valence-electron chi connectivity index (χ1n) is 10.0. The average molecular weight is 398 g/mol. The fourth-order valence-corrected chi connectivity index (χ4v) is 4.51. The van der Waals surface area contributed by atoms with Crippen molar-refractivity contribution < 1.29 is 9.59 Å². The van der Waals surface area contributed by atoms with Gasteiger partial charge in [0.25, 0.3) is 0 Å². The molecule has 0 bridgehead atoms. The number of amides is 2. The van der Waals surface area contributed by atoms with Crippen molar-refractivity contribution in [3.63, 3.8) is 0 Å². The number of nitrogens with two attached hydrogens (primary N) is 1. The van der Waals surface area contributed by atoms with E-state index >= 15 is 0 Å². The number of rotatable bonds is 4. The highest BCUT2D eigenvalue weighted by atomic mass is 16.2. The monoisotopic (exact) mass is 397 g/mol. The van der Waals surface area contributed by atoms with Gasteiger partial charge in [0.15, 0.2) is 5.54 Å². The predicted molar refractivity (Wildman–Crippen MR) is 109 cm³/mol. The number of hydrogen-bond donors (Lipinski definition) is 2. The van der Waals surface area contributed by atoms with Gasteiger partial charge in [0.05, 0.1) is 12.1 Å². The molecule has 2 aliphatic rings. The second-order valence-corrected chi connectivity index (χ2v) is 10.2. The number of piperidine rings is 1. The number of carbonyl (C=O) groups excluding carboxylic acids is 2. The summed E-state index contributed by atoms with van der Waals surface area (Å²) >= 11 is 0. The fourth-order valence-electron chi connectivity index (χ4n) is 4.51. The maximum Gasteiger partial charge on any atom is 0.244 e. The van der Waals surface area contributed by atoms with Crippen molar-refractivity contribution in [2.75, 3.05) is 6.54 Å². The van der Waals surface area contributed by atoms with Crippen LogP contribution in [0.1, 0.15) is 47.1 Å². The number of carbonyl (C=O) groups is 2. The molecule has 0 aromatic carbocycles. The Labute approximate surface area is 172 Å². The van der Waals surface area contributed by atoms with Gasteiger partial charge in [0.1, 0.15) is 6.04 Å². The van der Waals surface area contributed by atoms with Gasteiger partial charge >= 0.3 is 0 Å². The minimum absolute atomic E-state index is 0.0119. The second-order valence-electron chi connectivity index (χ2n) is 10.2. The van der Waals surface area contributed by atoms with Crippen molar-refractivity contribution in [3.05, 3.63) is 30.1 Å². The zero-order chi connectivity index (χ0) is 21.8. The molecule has 2 heterocycles. The fraction of sp³-hybridized carbons (Fsp3) is 0.636. The molecule has 2 amide bonds. The number of fused-ring (bicyclic) bond motifs is 1. The third-order valence-corrected chi connectivity index (χ3v) is 6.79. The van der Waals surface area contributed by atoms with Gasteiger partial charge in [-0.25, -0.2) is 0 Å². The van der Waals surface area contributed by atoms with E-state index < -0.39 is 23.0 Å². The molecule has 1 unspecified atom stereocenters. The summed E-state index contributed by atoms with van der Waals surface area (Å²) < 4.78 is 0. The van der Waals surface area contributed by atoms with Crippen LogP contribution >= 0.6 is 0 Å². The van der Waals surface area contributed by atoms with Gasteiger partial charge in [-0.15, -0.1) is 0 Å². The average Bonchev–Trinajstić information content (AvgIpc) is 3.02. The highest BCUT2D eigenvalue weighted by molar-refractivity contribution is 5.92. The van der Waals surface area contributed by atoms with Crippen LogP contribution in [0.15, 0.2) is 24.5 Å². The maximum atomic E-state index is 13.4. The highest BCUT2D eigenvalue weighted by Gasteiger charge is 2.69. The van der Waals surface area contributed by atoms with Crippen molar-refractivity contribution in [1.29, 1.82) is 5.26 Å². The van der Waals surface area contributed by atoms with Crippen LogP contribution in [0, 0.1) is 34.0 Å². The molecule has 1 aromatic heterocycles. The molecule has 1 aliphatic heterocycles. The minimum Gasteiger partial charge on any atom is -0.333 e. The molecule has 7 heteroatoms. The summed E-state index contributed by atoms with van der Waals surface area (Å²) in [7, 11) is 0. The topological polar surface area (TPSA) is 112 Å². The molecule has 1 saturated carbocycles. The Kier molecular flexibility index (Phi) is 4.99. The van der Waals surface area contributed by atoms with Crippen LogP contribution in [-0.4, -0.2) is 40.3 Å². The molecule has 3 rings (SSSR count). The number of hydrogen-bond acceptors (Lipinski definition) is 5. The van der Waals surface area contributed by atoms with Crippen LogP contribution in [0.25, 0.3) is 0 Å². The summed E-state index contributed by atoms with van der Waals surface area (Å²) in [5.74, 6) is -0.192. The van der Waals surface area contributed by atoms with Crippen LogP contribution < -0.4 is 11.1 Å². The number of nitrogens with zero attached hydrogens (tertiary/aromatic N) is 3. The molecule has 1 aromatic rings. The first kappa shape index (κ1) is 21.3. The van der Waals surface area contributed by atoms with E-state index in [1.165, 1.54) is 0 Å². The lowest BCUT2D eigenvalue weighted by atomic mass is 9.86. The lowest BCUT2D eigenvalue weighted by Crippen LogP contribution is -2.58. The molecule has 156 valence electrons. The Balaban J connectivity index is 1.88. The third kappa shape index (κ3) is 3.51. The van der Waals surface area contributed by atoms with Crippen molar-refractivity contribution in [2.45, 2.75) is 59.2 Å². The third-order valence-electron chi connectivity index (χ3n) is 6.79. The van der Waals surface area contributed by atoms with Crippen LogP contribution in [-0.2, 0) is 15.1 Å². The van der Waals surface area contributed by atoms with E-state index in [4.69, 9.17) is 5.73 Å². The summed E-state index contributed by atoms with van der Waals surface area (Å²) in [6.07, 6.45) is 3.19. The first-order valence-corrected chi connectivity index (χ1v) is 10.0. The highest BCUT2D eigenvalue weighted by Crippen LogP contribution is 2.65. The van der Waals surface area contributed by atoms with Crippen LogP contribution in [0.3, 0.4) is 0 Å². The minimum atomic E-state index is -1.23. The summed E-state index contributed by atoms with van der Waals surface area (Å²) in [6.45, 7) is 12.2. The van der Waals surface area contributed by atoms with Gasteiger partial charge in [-0.3, -0.25) is 14.6 Å². The number of aromatic nitrogens is 1. The molecular weight excluding hydrogens is 366 g/mol. The number of nitrogens with one attached hydrogen (secondary N) is 1. The van der Waals surface area contributed by atoms with E-state index in [0.717, 1.165) is 0 Å². The van der Waals surface area contributed by atoms with E-state index in [1.807, 2.05) is 20.8 Å². The van der Waals surface area contributed by atoms with Crippen LogP contribution in [0.2, 0.25) is 0 Å². The van der Waals surface area contributed by atoms with Crippen LogP contribution in [0.4, 0.5) is 0 Å². The van der Waals surface area contributed by atoms with Crippen molar-refractivity contribution in [3.8, 4) is 6.07 Å². The van der Waals surface area contributed by atoms with Gasteiger partial charge in [-0.1, -0.05) is 40.7 Å². The summed E-state index contributed by atoms with van der Waals surface area (Å²) in [6, 6.07) is 4.35. The molecule has 2 fully saturated rings. The maximum absolute atomic E-state index is 13.4. The number of likely N-dealkylation sites (tertiary alicyclic amines) is 1. The van der Waals surface area contributed by atoms with E-state index in [0.29, 0.717) is 12.1 Å². The molecular formula is C22H31N5O2. The van der Waals surface area contributed by atoms with Gasteiger partial charge in [0, 0.05) is 24.5 Å². The Morgan fingerprint density at radius 2 is 2.03 bits per heavy atom. The molecule has 1 saturated heterocycles. The summed E-state index contributed by atoms with van der Waals surface area (Å²) in [5, 5.41) is 12.7. The van der Waals surface area contributed by atoms with Crippen molar-refractivity contribution >= 4 is 11.8 Å². The van der Waals surface area contributed by atoms with Crippen molar-refractivity contribution in [1.82, 2.24) is 15.2 Å². The smallest absolute Gasteiger partial charge is 0.244 e. The Morgan fingerprint density at radius 3 is 2.55 bits per heavy atom. The molecule has 29 heavy (non-hydrogen) atoms. The molecule has 0 spiro atoms. The Hall–Kier alpha value is -2.46. The molecule has 3 N–H and O–H groups in total. The van der Waals surface area contributed by atoms with Crippen molar-refractivity contribution in [2.24, 2.45) is 28.4 Å². The van der Waals surface area contributed by atoms with E-state index in [2.05, 4.69) is 30.2 Å². The molecule has 0 radical (unpaired) electrons. The molecule has 7 nitrogen and oxygen atoms in total. The van der Waals surface area contributed by atoms with E-state index in [1.54, 1.807) is 36.4 Å². The standard InChI is InChI=1S/C22H31N5O2/c1-20(2,3)17(24)19(29)27-11-14-15(21(14,4)5)16(27)18(28)26-22(6,12-23)13-8-7-9-25-10-13/h7-10,14-17H,11,24H2,1-6H3,(H,26,28)/t14-,15-,16-,17+,22?/m0/s1. The lowest BCUT2D eigenvalue weighted by molar-refractivity contribution is -0.143. The van der Waals surface area contributed by atoms with Gasteiger partial charge in [-0.05, 0) is 35.7 Å². The van der Waals surface area contributed by atoms with Gasteiger partial charge in [0.2, 0.25) is 11.8 Å². The zero-order valence-corrected chi connectivity index (χ0v) is 18.1. The van der Waals surface area contributed by atoms with Gasteiger partial charge < -0.3 is 16.0 Å². The summed E-state index contributed by atoms with van der Waals surface area (Å²) in [4.78, 5) is 32.2. The summed E-state index contributed by atoms with van der Waals surface area (Å²) in [5.41, 5.74) is 5.18. The second kappa shape index (κ2) is 6.81. The lowest BCUT2D eigenvalue weighted by Gasteiger charge is -2.36. The number of pyridine rings is 1. The predicted octanol–water partition coefficient (Wildman–Crippen LogP) is 1.79. The SMILES string of the molecule is CC(C#N)(NC(=O)[C@@H]1[C@@H]2[C@H](CN1C(=O)[C@@H](N)C(C)(C)C)C2(C)C)c1cccnc1. The normalized spacial score (nSPS) is 27.9. The Morgan fingerprint density at radius 1 is 1.38 bits per heavy atom. The number of nitriles is 1. The van der Waals surface area contributed by atoms with Crippen LogP contribution in [0.5, 0.6) is 0 Å². The zero-order valence-electron chi connectivity index (χ0n) is 18.1. The quantitative estimate of drug-likeness (QED) is 0.804. The molecule has 1 aliphatic carbocycles. The largest absolute Gasteiger partial charge is 0.333 e.